The van der Waals surface area contributed by atoms with E-state index < -0.39 is 0 Å². The van der Waals surface area contributed by atoms with Gasteiger partial charge in [0.1, 0.15) is 0 Å². The Morgan fingerprint density at radius 1 is 1.31 bits per heavy atom. The molecule has 0 spiro atoms. The Labute approximate surface area is 80.7 Å². The summed E-state index contributed by atoms with van der Waals surface area (Å²) in [4.78, 5) is 0. The van der Waals surface area contributed by atoms with Crippen molar-refractivity contribution >= 4 is 0 Å². The molecule has 76 valence electrons. The summed E-state index contributed by atoms with van der Waals surface area (Å²) in [6.07, 6.45) is 4.71. The average Bonchev–Trinajstić information content (AvgIpc) is 2.19. The maximum absolute atomic E-state index is 10.4. The minimum absolute atomic E-state index is 0.368. The highest BCUT2D eigenvalue weighted by Gasteiger charge is 2.52. The highest BCUT2D eigenvalue weighted by molar-refractivity contribution is 5.06. The van der Waals surface area contributed by atoms with Crippen molar-refractivity contribution in [2.75, 3.05) is 6.54 Å². The Hall–Kier alpha value is -0.0800. The molecule has 2 nitrogen and oxygen atoms in total. The molecule has 0 amide bonds. The topological polar surface area (TPSA) is 32.3 Å². The lowest BCUT2D eigenvalue weighted by atomic mass is 9.59. The summed E-state index contributed by atoms with van der Waals surface area (Å²) in [6.45, 7) is 5.51. The molecule has 1 saturated heterocycles. The molecule has 13 heavy (non-hydrogen) atoms. The van der Waals surface area contributed by atoms with E-state index in [9.17, 15) is 5.11 Å². The molecule has 1 heterocycles. The van der Waals surface area contributed by atoms with Gasteiger partial charge in [-0.15, -0.1) is 0 Å². The lowest BCUT2D eigenvalue weighted by Crippen LogP contribution is -2.64. The second-order valence-corrected chi connectivity index (χ2v) is 4.96. The lowest BCUT2D eigenvalue weighted by Gasteiger charge is -2.54. The molecule has 0 aromatic carbocycles. The van der Waals surface area contributed by atoms with E-state index in [1.54, 1.807) is 0 Å². The van der Waals surface area contributed by atoms with Crippen molar-refractivity contribution in [1.29, 1.82) is 0 Å². The SMILES string of the molecule is CC1CC(O)(C2CCCCN2)C1C. The molecule has 0 radical (unpaired) electrons. The van der Waals surface area contributed by atoms with Crippen LogP contribution in [0.2, 0.25) is 0 Å². The van der Waals surface area contributed by atoms with Gasteiger partial charge in [-0.05, 0) is 37.6 Å². The van der Waals surface area contributed by atoms with Crippen LogP contribution in [0.25, 0.3) is 0 Å². The van der Waals surface area contributed by atoms with Crippen LogP contribution in [0.5, 0.6) is 0 Å². The van der Waals surface area contributed by atoms with Gasteiger partial charge in [-0.1, -0.05) is 20.3 Å². The monoisotopic (exact) mass is 183 g/mol. The number of nitrogens with one attached hydrogen (secondary N) is 1. The van der Waals surface area contributed by atoms with E-state index in [1.165, 1.54) is 12.8 Å². The molecule has 2 rings (SSSR count). The first kappa shape index (κ1) is 9.47. The molecular weight excluding hydrogens is 162 g/mol. The van der Waals surface area contributed by atoms with Crippen molar-refractivity contribution in [3.63, 3.8) is 0 Å². The van der Waals surface area contributed by atoms with E-state index >= 15 is 0 Å². The van der Waals surface area contributed by atoms with Gasteiger partial charge >= 0.3 is 0 Å². The fraction of sp³-hybridized carbons (Fsp3) is 1.00. The van der Waals surface area contributed by atoms with Gasteiger partial charge in [-0.25, -0.2) is 0 Å². The van der Waals surface area contributed by atoms with E-state index in [2.05, 4.69) is 19.2 Å². The molecule has 2 N–H and O–H groups in total. The predicted octanol–water partition coefficient (Wildman–Crippen LogP) is 1.54. The van der Waals surface area contributed by atoms with Gasteiger partial charge in [-0.3, -0.25) is 0 Å². The third kappa shape index (κ3) is 1.40. The summed E-state index contributed by atoms with van der Waals surface area (Å²) in [5, 5.41) is 13.9. The van der Waals surface area contributed by atoms with Crippen molar-refractivity contribution in [3.8, 4) is 0 Å². The molecule has 0 bridgehead atoms. The van der Waals surface area contributed by atoms with Crippen LogP contribution in [0.3, 0.4) is 0 Å². The van der Waals surface area contributed by atoms with Gasteiger partial charge in [0.05, 0.1) is 5.60 Å². The summed E-state index contributed by atoms with van der Waals surface area (Å²) >= 11 is 0. The van der Waals surface area contributed by atoms with Crippen molar-refractivity contribution in [2.24, 2.45) is 11.8 Å². The number of rotatable bonds is 1. The van der Waals surface area contributed by atoms with Gasteiger partial charge in [0.15, 0.2) is 0 Å². The van der Waals surface area contributed by atoms with Crippen LogP contribution in [0.15, 0.2) is 0 Å². The Bertz CT molecular complexity index is 189. The van der Waals surface area contributed by atoms with Gasteiger partial charge in [0.2, 0.25) is 0 Å². The smallest absolute Gasteiger partial charge is 0.0830 e. The van der Waals surface area contributed by atoms with Crippen molar-refractivity contribution in [1.82, 2.24) is 5.32 Å². The normalized spacial score (nSPS) is 51.5. The van der Waals surface area contributed by atoms with E-state index in [-0.39, 0.29) is 5.60 Å². The summed E-state index contributed by atoms with van der Waals surface area (Å²) in [5.41, 5.74) is -0.389. The molecule has 2 heteroatoms. The quantitative estimate of drug-likeness (QED) is 0.646. The maximum Gasteiger partial charge on any atom is 0.0830 e. The minimum Gasteiger partial charge on any atom is -0.388 e. The van der Waals surface area contributed by atoms with Crippen molar-refractivity contribution < 1.29 is 5.11 Å². The van der Waals surface area contributed by atoms with Crippen LogP contribution in [0.1, 0.15) is 39.5 Å². The largest absolute Gasteiger partial charge is 0.388 e. The fourth-order valence-corrected chi connectivity index (χ4v) is 2.95. The molecule has 2 aliphatic rings. The summed E-state index contributed by atoms with van der Waals surface area (Å²) < 4.78 is 0. The third-order valence-electron chi connectivity index (χ3n) is 4.20. The first-order chi connectivity index (χ1) is 6.14. The molecule has 0 aromatic rings. The van der Waals surface area contributed by atoms with Gasteiger partial charge < -0.3 is 10.4 Å². The summed E-state index contributed by atoms with van der Waals surface area (Å²) in [7, 11) is 0. The second kappa shape index (κ2) is 3.25. The zero-order chi connectivity index (χ0) is 9.47. The number of hydrogen-bond donors (Lipinski definition) is 2. The lowest BCUT2D eigenvalue weighted by molar-refractivity contribution is -0.151. The first-order valence-electron chi connectivity index (χ1n) is 5.60. The first-order valence-corrected chi connectivity index (χ1v) is 5.60. The van der Waals surface area contributed by atoms with Crippen LogP contribution in [-0.4, -0.2) is 23.3 Å². The standard InChI is InChI=1S/C11H21NO/c1-8-7-11(13,9(8)2)10-5-3-4-6-12-10/h8-10,12-13H,3-7H2,1-2H3. The Morgan fingerprint density at radius 2 is 2.08 bits per heavy atom. The van der Waals surface area contributed by atoms with E-state index in [1.807, 2.05) is 0 Å². The summed E-state index contributed by atoms with van der Waals surface area (Å²) in [6, 6.07) is 0.368. The van der Waals surface area contributed by atoms with Gasteiger partial charge in [-0.2, -0.15) is 0 Å². The van der Waals surface area contributed by atoms with Crippen LogP contribution < -0.4 is 5.32 Å². The number of hydrogen-bond acceptors (Lipinski definition) is 2. The highest BCUT2D eigenvalue weighted by Crippen LogP contribution is 2.46. The molecule has 4 unspecified atom stereocenters. The third-order valence-corrected chi connectivity index (χ3v) is 4.20. The highest BCUT2D eigenvalue weighted by atomic mass is 16.3. The molecule has 1 aliphatic heterocycles. The van der Waals surface area contributed by atoms with Crippen molar-refractivity contribution in [3.05, 3.63) is 0 Å². The van der Waals surface area contributed by atoms with E-state index in [0.717, 1.165) is 19.4 Å². The van der Waals surface area contributed by atoms with Crippen LogP contribution in [-0.2, 0) is 0 Å². The second-order valence-electron chi connectivity index (χ2n) is 4.96. The average molecular weight is 183 g/mol. The van der Waals surface area contributed by atoms with E-state index in [4.69, 9.17) is 0 Å². The van der Waals surface area contributed by atoms with Crippen LogP contribution in [0, 0.1) is 11.8 Å². The molecular formula is C11H21NO. The maximum atomic E-state index is 10.4. The zero-order valence-corrected chi connectivity index (χ0v) is 8.71. The predicted molar refractivity (Wildman–Crippen MR) is 53.5 cm³/mol. The van der Waals surface area contributed by atoms with Crippen LogP contribution in [0.4, 0.5) is 0 Å². The summed E-state index contributed by atoms with van der Waals surface area (Å²) in [5.74, 6) is 1.18. The Kier molecular flexibility index (Phi) is 2.37. The molecule has 4 atom stereocenters. The van der Waals surface area contributed by atoms with Crippen LogP contribution >= 0.6 is 0 Å². The van der Waals surface area contributed by atoms with Crippen molar-refractivity contribution in [2.45, 2.75) is 51.2 Å². The molecule has 0 aromatic heterocycles. The molecule has 1 saturated carbocycles. The Balaban J connectivity index is 1.98. The fourth-order valence-electron chi connectivity index (χ4n) is 2.95. The zero-order valence-electron chi connectivity index (χ0n) is 8.71. The molecule has 1 aliphatic carbocycles. The minimum atomic E-state index is -0.389. The Morgan fingerprint density at radius 3 is 2.54 bits per heavy atom. The number of aliphatic hydroxyl groups is 1. The number of piperidine rings is 1. The molecule has 2 fully saturated rings. The van der Waals surface area contributed by atoms with E-state index in [0.29, 0.717) is 17.9 Å². The van der Waals surface area contributed by atoms with Gasteiger partial charge in [0.25, 0.3) is 0 Å². The van der Waals surface area contributed by atoms with Gasteiger partial charge in [0, 0.05) is 6.04 Å².